The van der Waals surface area contributed by atoms with Crippen LogP contribution >= 0.6 is 0 Å². The maximum Gasteiger partial charge on any atom is 0.0462 e. The van der Waals surface area contributed by atoms with Crippen molar-refractivity contribution in [2.24, 2.45) is 0 Å². The number of rotatable bonds is 11. The molecule has 1 unspecified atom stereocenters. The molecule has 0 radical (unpaired) electrons. The van der Waals surface area contributed by atoms with E-state index in [-0.39, 0.29) is 5.92 Å². The van der Waals surface area contributed by atoms with Crippen LogP contribution in [0, 0.1) is 0 Å². The van der Waals surface area contributed by atoms with Crippen LogP contribution in [0.2, 0.25) is 0 Å². The predicted octanol–water partition coefficient (Wildman–Crippen LogP) is 18.5. The van der Waals surface area contributed by atoms with Gasteiger partial charge in [-0.2, -0.15) is 0 Å². The summed E-state index contributed by atoms with van der Waals surface area (Å²) in [6, 6.07) is 98.0. The molecule has 0 aliphatic rings. The highest BCUT2D eigenvalue weighted by Gasteiger charge is 2.18. The summed E-state index contributed by atoms with van der Waals surface area (Å²) in [4.78, 5) is 2.34. The molecule has 1 heteroatoms. The smallest absolute Gasteiger partial charge is 0.0462 e. The first-order chi connectivity index (χ1) is 33.7. The third-order valence-corrected chi connectivity index (χ3v) is 13.9. The van der Waals surface area contributed by atoms with Crippen molar-refractivity contribution in [1.82, 2.24) is 0 Å². The summed E-state index contributed by atoms with van der Waals surface area (Å²) in [5, 5.41) is 10.3. The van der Waals surface area contributed by atoms with E-state index < -0.39 is 0 Å². The molecule has 0 aromatic heterocycles. The Balaban J connectivity index is 0.781. The normalized spacial score (nSPS) is 11.9. The van der Waals surface area contributed by atoms with E-state index in [0.29, 0.717) is 0 Å². The van der Waals surface area contributed by atoms with Gasteiger partial charge in [0.2, 0.25) is 0 Å². The molecule has 0 fully saturated rings. The molecular formula is C67H49N. The van der Waals surface area contributed by atoms with Crippen molar-refractivity contribution in [2.45, 2.75) is 18.8 Å². The second kappa shape index (κ2) is 18.0. The Kier molecular flexibility index (Phi) is 10.9. The average Bonchev–Trinajstić information content (AvgIpc) is 3.42. The van der Waals surface area contributed by atoms with Crippen LogP contribution in [0.3, 0.4) is 0 Å². The highest BCUT2D eigenvalue weighted by molar-refractivity contribution is 6.15. The molecule has 0 amide bonds. The Labute approximate surface area is 398 Å². The topological polar surface area (TPSA) is 3.24 Å². The zero-order valence-electron chi connectivity index (χ0n) is 37.8. The zero-order valence-corrected chi connectivity index (χ0v) is 37.8. The van der Waals surface area contributed by atoms with Crippen LogP contribution in [0.4, 0.5) is 17.1 Å². The third-order valence-electron chi connectivity index (χ3n) is 13.9. The number of hydrogen-bond acceptors (Lipinski definition) is 1. The van der Waals surface area contributed by atoms with Crippen LogP contribution in [-0.4, -0.2) is 0 Å². The van der Waals surface area contributed by atoms with Crippen LogP contribution < -0.4 is 4.90 Å². The lowest BCUT2D eigenvalue weighted by Crippen LogP contribution is -2.09. The summed E-state index contributed by atoms with van der Waals surface area (Å²) in [6.45, 7) is 0. The first kappa shape index (κ1) is 40.9. The molecule has 12 aromatic rings. The molecule has 0 saturated heterocycles. The van der Waals surface area contributed by atoms with Crippen molar-refractivity contribution in [3.63, 3.8) is 0 Å². The summed E-state index contributed by atoms with van der Waals surface area (Å²) in [6.07, 6.45) is 2.00. The van der Waals surface area contributed by atoms with E-state index >= 15 is 0 Å². The lowest BCUT2D eigenvalue weighted by molar-refractivity contribution is 0.715. The molecule has 12 aromatic carbocycles. The molecule has 12 rings (SSSR count). The van der Waals surface area contributed by atoms with Crippen molar-refractivity contribution in [3.8, 4) is 33.4 Å². The molecule has 0 spiro atoms. The van der Waals surface area contributed by atoms with Gasteiger partial charge in [-0.1, -0.05) is 218 Å². The Morgan fingerprint density at radius 3 is 1.16 bits per heavy atom. The van der Waals surface area contributed by atoms with E-state index in [1.807, 2.05) is 0 Å². The Morgan fingerprint density at radius 2 is 0.647 bits per heavy atom. The van der Waals surface area contributed by atoms with Crippen LogP contribution in [0.1, 0.15) is 29.0 Å². The van der Waals surface area contributed by atoms with Crippen molar-refractivity contribution < 1.29 is 0 Å². The molecule has 0 aliphatic carbocycles. The van der Waals surface area contributed by atoms with Gasteiger partial charge in [-0.05, 0) is 155 Å². The maximum absolute atomic E-state index is 2.35. The zero-order chi connectivity index (χ0) is 45.2. The van der Waals surface area contributed by atoms with Crippen LogP contribution in [0.25, 0.3) is 76.5 Å². The third kappa shape index (κ3) is 7.89. The average molecular weight is 868 g/mol. The SMILES string of the molecule is c1ccc(C(CCc2ccc(-c3ccc(N(c4ccccc4)c4ccc(-c5cc6ccccc6c6ccccc56)cc4)cc3)cc2)c2ccc(-c3cc4ccccc4c4ccccc34)cc2)cc1. The Morgan fingerprint density at radius 1 is 0.279 bits per heavy atom. The Hall–Kier alpha value is -8.52. The molecule has 322 valence electrons. The highest BCUT2D eigenvalue weighted by atomic mass is 15.1. The van der Waals surface area contributed by atoms with Crippen LogP contribution in [-0.2, 0) is 6.42 Å². The van der Waals surface area contributed by atoms with Crippen molar-refractivity contribution in [1.29, 1.82) is 0 Å². The summed E-state index contributed by atoms with van der Waals surface area (Å²) in [7, 11) is 0. The molecule has 0 aliphatic heterocycles. The van der Waals surface area contributed by atoms with Crippen molar-refractivity contribution in [3.05, 3.63) is 284 Å². The van der Waals surface area contributed by atoms with E-state index in [9.17, 15) is 0 Å². The summed E-state index contributed by atoms with van der Waals surface area (Å²) < 4.78 is 0. The monoisotopic (exact) mass is 867 g/mol. The minimum atomic E-state index is 0.285. The lowest BCUT2D eigenvalue weighted by Gasteiger charge is -2.26. The number of anilines is 3. The summed E-state index contributed by atoms with van der Waals surface area (Å²) in [5.74, 6) is 0.285. The van der Waals surface area contributed by atoms with Gasteiger partial charge in [0.05, 0.1) is 0 Å². The number of fused-ring (bicyclic) bond motifs is 6. The van der Waals surface area contributed by atoms with Gasteiger partial charge in [0, 0.05) is 23.0 Å². The molecule has 0 heterocycles. The minimum Gasteiger partial charge on any atom is -0.311 e. The number of hydrogen-bond donors (Lipinski definition) is 0. The second-order valence-electron chi connectivity index (χ2n) is 18.0. The Bertz CT molecular complexity index is 3690. The van der Waals surface area contributed by atoms with Crippen molar-refractivity contribution in [2.75, 3.05) is 4.90 Å². The van der Waals surface area contributed by atoms with Gasteiger partial charge in [-0.3, -0.25) is 0 Å². The quantitative estimate of drug-likeness (QED) is 0.117. The molecule has 0 bridgehead atoms. The molecule has 0 saturated carbocycles. The van der Waals surface area contributed by atoms with Gasteiger partial charge in [-0.15, -0.1) is 0 Å². The summed E-state index contributed by atoms with van der Waals surface area (Å²) >= 11 is 0. The number of aryl methyl sites for hydroxylation is 1. The maximum atomic E-state index is 2.35. The molecule has 68 heavy (non-hydrogen) atoms. The van der Waals surface area contributed by atoms with Gasteiger partial charge in [0.15, 0.2) is 0 Å². The fraction of sp³-hybridized carbons (Fsp3) is 0.0448. The first-order valence-corrected chi connectivity index (χ1v) is 23.8. The van der Waals surface area contributed by atoms with E-state index in [1.165, 1.54) is 93.2 Å². The largest absolute Gasteiger partial charge is 0.311 e. The molecule has 1 nitrogen and oxygen atoms in total. The number of para-hydroxylation sites is 1. The molecular weight excluding hydrogens is 819 g/mol. The van der Waals surface area contributed by atoms with Gasteiger partial charge < -0.3 is 4.90 Å². The fourth-order valence-corrected chi connectivity index (χ4v) is 10.5. The molecule has 1 atom stereocenters. The second-order valence-corrected chi connectivity index (χ2v) is 18.0. The standard InChI is InChI=1S/C67H49N/c1-3-15-50(16-4-1)59(51-32-34-52(35-33-51)66-45-54-17-7-9-21-60(54)62-23-11-13-25-64(62)66)44-29-47-27-30-48(31-28-47)49-36-40-57(41-37-49)68(56-19-5-2-6-20-56)58-42-38-53(39-43-58)67-46-55-18-8-10-22-61(55)63-24-12-14-26-65(63)67/h1-28,30-43,45-46,59H,29,44H2. The lowest BCUT2D eigenvalue weighted by atomic mass is 9.85. The highest BCUT2D eigenvalue weighted by Crippen LogP contribution is 2.41. The van der Waals surface area contributed by atoms with E-state index in [1.54, 1.807) is 0 Å². The summed E-state index contributed by atoms with van der Waals surface area (Å²) in [5.41, 5.74) is 14.8. The van der Waals surface area contributed by atoms with E-state index in [0.717, 1.165) is 29.9 Å². The first-order valence-electron chi connectivity index (χ1n) is 23.8. The fourth-order valence-electron chi connectivity index (χ4n) is 10.5. The number of nitrogens with zero attached hydrogens (tertiary/aromatic N) is 1. The van der Waals surface area contributed by atoms with Crippen molar-refractivity contribution >= 4 is 60.2 Å². The molecule has 0 N–H and O–H groups in total. The number of benzene rings is 12. The van der Waals surface area contributed by atoms with Crippen LogP contribution in [0.5, 0.6) is 0 Å². The van der Waals surface area contributed by atoms with E-state index in [4.69, 9.17) is 0 Å². The van der Waals surface area contributed by atoms with Gasteiger partial charge in [0.1, 0.15) is 0 Å². The van der Waals surface area contributed by atoms with Gasteiger partial charge >= 0.3 is 0 Å². The van der Waals surface area contributed by atoms with Gasteiger partial charge in [0.25, 0.3) is 0 Å². The van der Waals surface area contributed by atoms with E-state index in [2.05, 4.69) is 272 Å². The minimum absolute atomic E-state index is 0.285. The predicted molar refractivity (Wildman–Crippen MR) is 291 cm³/mol. The van der Waals surface area contributed by atoms with Crippen LogP contribution in [0.15, 0.2) is 267 Å². The van der Waals surface area contributed by atoms with Gasteiger partial charge in [-0.25, -0.2) is 0 Å².